The average Bonchev–Trinajstić information content (AvgIpc) is 2.24. The van der Waals surface area contributed by atoms with E-state index < -0.39 is 31.1 Å². The van der Waals surface area contributed by atoms with Crippen LogP contribution in [0, 0.1) is 10.8 Å². The van der Waals surface area contributed by atoms with Gasteiger partial charge in [0.25, 0.3) is 0 Å². The summed E-state index contributed by atoms with van der Waals surface area (Å²) in [5.41, 5.74) is -1.15. The molecule has 4 N–H and O–H groups in total. The van der Waals surface area contributed by atoms with Crippen LogP contribution in [-0.4, -0.2) is 54.9 Å². The van der Waals surface area contributed by atoms with E-state index in [-0.39, 0.29) is 52.1 Å². The van der Waals surface area contributed by atoms with E-state index in [0.717, 1.165) is 0 Å². The minimum Gasteiger partial charge on any atom is -0.321 e. The third-order valence-corrected chi connectivity index (χ3v) is 6.70. The molecule has 1 rings (SSSR count). The third kappa shape index (κ3) is 6.10. The van der Waals surface area contributed by atoms with Crippen LogP contribution in [0.3, 0.4) is 0 Å². The number of carbonyl (C=O) groups excluding carboxylic acids is 1. The van der Waals surface area contributed by atoms with Gasteiger partial charge in [0, 0.05) is 40.7 Å². The van der Waals surface area contributed by atoms with E-state index in [9.17, 15) is 33.5 Å². The molecule has 0 atom stereocenters. The predicted molar refractivity (Wildman–Crippen MR) is 97.0 cm³/mol. The van der Waals surface area contributed by atoms with Gasteiger partial charge in [0.2, 0.25) is 0 Å². The zero-order valence-electron chi connectivity index (χ0n) is 15.6. The summed E-state index contributed by atoms with van der Waals surface area (Å²) in [6.45, 7) is 10.5. The van der Waals surface area contributed by atoms with Gasteiger partial charge in [-0.3, -0.25) is 13.9 Å². The Morgan fingerprint density at radius 1 is 0.800 bits per heavy atom. The zero-order chi connectivity index (χ0) is 19.3. The Labute approximate surface area is 169 Å². The van der Waals surface area contributed by atoms with Gasteiger partial charge < -0.3 is 19.6 Å². The molecular weight excluding hydrogens is 377 g/mol. The molecule has 0 spiro atoms. The second-order valence-corrected chi connectivity index (χ2v) is 11.2. The van der Waals surface area contributed by atoms with E-state index in [2.05, 4.69) is 0 Å². The summed E-state index contributed by atoms with van der Waals surface area (Å²) in [4.78, 5) is 50.4. The smallest absolute Gasteiger partial charge is 0.321 e. The number of rotatable bonds is 2. The van der Waals surface area contributed by atoms with Gasteiger partial charge in [-0.2, -0.15) is 0 Å². The molecule has 7 nitrogen and oxygen atoms in total. The van der Waals surface area contributed by atoms with E-state index in [1.165, 1.54) is 12.2 Å². The van der Waals surface area contributed by atoms with Crippen molar-refractivity contribution in [1.29, 1.82) is 0 Å². The minimum absolute atomic E-state index is 0. The summed E-state index contributed by atoms with van der Waals surface area (Å²) in [6.07, 6.45) is 2.34. The molecule has 1 aliphatic rings. The van der Waals surface area contributed by atoms with Gasteiger partial charge in [0.15, 0.2) is 10.8 Å². The first-order valence-electron chi connectivity index (χ1n) is 7.22. The Kier molecular flexibility index (Phi) is 7.73. The number of carbonyl (C=O) groups is 1. The molecule has 0 aliphatic heterocycles. The molecule has 10 heteroatoms. The fourth-order valence-electron chi connectivity index (χ4n) is 2.38. The molecule has 0 saturated carbocycles. The second kappa shape index (κ2) is 7.67. The molecule has 1 aliphatic carbocycles. The summed E-state index contributed by atoms with van der Waals surface area (Å²) in [6, 6.07) is 0. The molecular formula is C15H24NaO7P2. The van der Waals surface area contributed by atoms with Crippen molar-refractivity contribution in [2.75, 3.05) is 0 Å². The van der Waals surface area contributed by atoms with Gasteiger partial charge in [-0.05, 0) is 28.6 Å². The van der Waals surface area contributed by atoms with Gasteiger partial charge in [0.05, 0.1) is 0 Å². The van der Waals surface area contributed by atoms with Gasteiger partial charge in [-0.1, -0.05) is 41.5 Å². The number of Topliss-reactive ketones (excluding diaryl/α,β-unsaturated/α-hetero) is 1. The van der Waals surface area contributed by atoms with Crippen LogP contribution in [0.1, 0.15) is 41.5 Å². The van der Waals surface area contributed by atoms with E-state index in [4.69, 9.17) is 0 Å². The molecule has 0 bridgehead atoms. The molecule has 137 valence electrons. The van der Waals surface area contributed by atoms with E-state index in [1.807, 2.05) is 0 Å². The number of allylic oxidation sites excluding steroid dienone is 5. The Morgan fingerprint density at radius 2 is 1.08 bits per heavy atom. The predicted octanol–water partition coefficient (Wildman–Crippen LogP) is 2.70. The maximum Gasteiger partial charge on any atom is 0.365 e. The van der Waals surface area contributed by atoms with Crippen molar-refractivity contribution in [2.24, 2.45) is 10.8 Å². The Balaban J connectivity index is 0.00000576. The SMILES string of the molecule is CC(C)(C)C1=CC(=C(P(=O)(O)O)P(=O)(O)O)C=C(C(C)(C)C)C1=O.[Na]. The summed E-state index contributed by atoms with van der Waals surface area (Å²) in [5.74, 6) is -0.297. The minimum atomic E-state index is -5.23. The quantitative estimate of drug-likeness (QED) is 0.413. The normalized spacial score (nSPS) is 16.9. The van der Waals surface area contributed by atoms with Crippen molar-refractivity contribution in [3.8, 4) is 0 Å². The van der Waals surface area contributed by atoms with Crippen molar-refractivity contribution < 1.29 is 33.5 Å². The molecule has 0 aromatic heterocycles. The molecule has 0 amide bonds. The van der Waals surface area contributed by atoms with Crippen LogP contribution in [0.5, 0.6) is 0 Å². The standard InChI is InChI=1S/C15H24O7P2.Na/c1-14(2,3)10-7-9(8-11(12(10)16)15(4,5)6)13(23(17,18)19)24(20,21)22;/h7-8H,1-6H3,(H2,17,18,19)(H2,20,21,22);. The number of hydrogen-bond donors (Lipinski definition) is 4. The maximum atomic E-state index is 12.7. The van der Waals surface area contributed by atoms with Crippen LogP contribution < -0.4 is 0 Å². The second-order valence-electron chi connectivity index (χ2n) is 7.81. The van der Waals surface area contributed by atoms with Crippen molar-refractivity contribution in [3.63, 3.8) is 0 Å². The van der Waals surface area contributed by atoms with E-state index in [1.54, 1.807) is 41.5 Å². The molecule has 0 saturated heterocycles. The van der Waals surface area contributed by atoms with Crippen LogP contribution in [0.4, 0.5) is 0 Å². The molecule has 0 fully saturated rings. The molecule has 0 unspecified atom stereocenters. The zero-order valence-corrected chi connectivity index (χ0v) is 19.4. The van der Waals surface area contributed by atoms with E-state index in [0.29, 0.717) is 0 Å². The maximum absolute atomic E-state index is 12.7. The van der Waals surface area contributed by atoms with Gasteiger partial charge in [0.1, 0.15) is 0 Å². The van der Waals surface area contributed by atoms with Crippen molar-refractivity contribution in [3.05, 3.63) is 33.9 Å². The Morgan fingerprint density at radius 3 is 1.28 bits per heavy atom. The average molecular weight is 401 g/mol. The van der Waals surface area contributed by atoms with Crippen LogP contribution in [0.2, 0.25) is 0 Å². The molecule has 25 heavy (non-hydrogen) atoms. The number of hydrogen-bond acceptors (Lipinski definition) is 3. The van der Waals surface area contributed by atoms with Crippen molar-refractivity contribution >= 4 is 50.5 Å². The number of ketones is 1. The van der Waals surface area contributed by atoms with Crippen LogP contribution in [0.15, 0.2) is 33.9 Å². The Bertz CT molecular complexity index is 692. The fourth-order valence-corrected chi connectivity index (χ4v) is 4.67. The van der Waals surface area contributed by atoms with Gasteiger partial charge in [-0.15, -0.1) is 0 Å². The Hall–Kier alpha value is 0.190. The van der Waals surface area contributed by atoms with Crippen LogP contribution in [-0.2, 0) is 13.9 Å². The molecule has 0 aromatic carbocycles. The fraction of sp³-hybridized carbons (Fsp3) is 0.533. The summed E-state index contributed by atoms with van der Waals surface area (Å²) in [7, 11) is -10.5. The van der Waals surface area contributed by atoms with Crippen LogP contribution >= 0.6 is 15.2 Å². The largest absolute Gasteiger partial charge is 0.365 e. The first-order valence-corrected chi connectivity index (χ1v) is 10.4. The third-order valence-electron chi connectivity index (χ3n) is 3.51. The molecule has 0 heterocycles. The summed E-state index contributed by atoms with van der Waals surface area (Å²) in [5, 5.41) is -1.26. The topological polar surface area (TPSA) is 132 Å². The first-order chi connectivity index (χ1) is 10.4. The van der Waals surface area contributed by atoms with Crippen LogP contribution in [0.25, 0.3) is 0 Å². The van der Waals surface area contributed by atoms with Crippen molar-refractivity contribution in [2.45, 2.75) is 41.5 Å². The van der Waals surface area contributed by atoms with Crippen molar-refractivity contribution in [1.82, 2.24) is 0 Å². The van der Waals surface area contributed by atoms with E-state index >= 15 is 0 Å². The molecule has 0 aromatic rings. The summed E-state index contributed by atoms with van der Waals surface area (Å²) < 4.78 is 23.3. The molecule has 1 radical (unpaired) electrons. The monoisotopic (exact) mass is 401 g/mol. The summed E-state index contributed by atoms with van der Waals surface area (Å²) >= 11 is 0. The van der Waals surface area contributed by atoms with Gasteiger partial charge in [-0.25, -0.2) is 0 Å². The van der Waals surface area contributed by atoms with Gasteiger partial charge >= 0.3 is 15.2 Å². The first kappa shape index (κ1) is 25.2.